The molecule has 0 atom stereocenters. The van der Waals surface area contributed by atoms with E-state index < -0.39 is 5.63 Å². The Kier molecular flexibility index (Phi) is 5.32. The minimum absolute atomic E-state index is 0.270. The third kappa shape index (κ3) is 3.88. The molecule has 31 heavy (non-hydrogen) atoms. The van der Waals surface area contributed by atoms with Gasteiger partial charge in [-0.15, -0.1) is 10.2 Å². The summed E-state index contributed by atoms with van der Waals surface area (Å²) in [7, 11) is 0. The van der Waals surface area contributed by atoms with Crippen LogP contribution < -0.4 is 5.63 Å². The van der Waals surface area contributed by atoms with E-state index in [-0.39, 0.29) is 11.9 Å². The van der Waals surface area contributed by atoms with Crippen LogP contribution >= 0.6 is 23.4 Å². The summed E-state index contributed by atoms with van der Waals surface area (Å²) in [5.74, 6) is 0.712. The molecule has 0 radical (unpaired) electrons. The quantitative estimate of drug-likeness (QED) is 0.262. The molecule has 2 aromatic heterocycles. The predicted molar refractivity (Wildman–Crippen MR) is 120 cm³/mol. The Hall–Kier alpha value is -2.64. The summed E-state index contributed by atoms with van der Waals surface area (Å²) >= 11 is 7.88. The van der Waals surface area contributed by atoms with Gasteiger partial charge in [0, 0.05) is 28.3 Å². The standard InChI is InChI=1S/C23H19ClFN3O2S/c1-2-13-9-20-17(11-18(13)24)14(10-21(29)30-20)12-31-23-27-26-22(28(23)15-7-8-15)16-5-3-4-6-19(16)25/h3-6,9-11,15H,2,7-8,12H2,1H3. The zero-order valence-electron chi connectivity index (χ0n) is 16.8. The minimum atomic E-state index is -0.400. The summed E-state index contributed by atoms with van der Waals surface area (Å²) in [4.78, 5) is 12.1. The highest BCUT2D eigenvalue weighted by molar-refractivity contribution is 7.98. The van der Waals surface area contributed by atoms with Crippen molar-refractivity contribution in [3.05, 3.63) is 74.9 Å². The Morgan fingerprint density at radius 3 is 2.74 bits per heavy atom. The molecule has 158 valence electrons. The second-order valence-electron chi connectivity index (χ2n) is 7.56. The van der Waals surface area contributed by atoms with Crippen molar-refractivity contribution in [2.75, 3.05) is 0 Å². The first-order valence-corrected chi connectivity index (χ1v) is 11.5. The molecule has 2 heterocycles. The maximum atomic E-state index is 14.4. The molecule has 4 aromatic rings. The lowest BCUT2D eigenvalue weighted by molar-refractivity contribution is 0.559. The maximum absolute atomic E-state index is 14.4. The van der Waals surface area contributed by atoms with Crippen LogP contribution in [0.2, 0.25) is 5.02 Å². The summed E-state index contributed by atoms with van der Waals surface area (Å²) < 4.78 is 21.8. The van der Waals surface area contributed by atoms with Crippen molar-refractivity contribution in [2.24, 2.45) is 0 Å². The van der Waals surface area contributed by atoms with Gasteiger partial charge in [0.1, 0.15) is 11.4 Å². The Bertz CT molecular complexity index is 1350. The molecule has 5 rings (SSSR count). The average Bonchev–Trinajstić information content (AvgIpc) is 3.51. The molecule has 0 unspecified atom stereocenters. The highest BCUT2D eigenvalue weighted by Gasteiger charge is 2.31. The van der Waals surface area contributed by atoms with Gasteiger partial charge in [-0.2, -0.15) is 0 Å². The van der Waals surface area contributed by atoms with Gasteiger partial charge in [-0.05, 0) is 54.7 Å². The third-order valence-corrected chi connectivity index (χ3v) is 6.77. The number of nitrogens with zero attached hydrogens (tertiary/aromatic N) is 3. The molecule has 0 bridgehead atoms. The number of fused-ring (bicyclic) bond motifs is 1. The predicted octanol–water partition coefficient (Wildman–Crippen LogP) is 6.03. The van der Waals surface area contributed by atoms with Gasteiger partial charge in [0.15, 0.2) is 11.0 Å². The number of thioether (sulfide) groups is 1. The fourth-order valence-corrected chi connectivity index (χ4v) is 4.98. The van der Waals surface area contributed by atoms with Gasteiger partial charge in [-0.1, -0.05) is 42.4 Å². The molecule has 0 N–H and O–H groups in total. The van der Waals surface area contributed by atoms with Crippen LogP contribution in [0.3, 0.4) is 0 Å². The lowest BCUT2D eigenvalue weighted by atomic mass is 10.1. The van der Waals surface area contributed by atoms with Crippen LogP contribution in [0.25, 0.3) is 22.4 Å². The van der Waals surface area contributed by atoms with Crippen LogP contribution in [0, 0.1) is 5.82 Å². The number of aryl methyl sites for hydroxylation is 1. The maximum Gasteiger partial charge on any atom is 0.336 e. The first-order chi connectivity index (χ1) is 15.0. The van der Waals surface area contributed by atoms with E-state index >= 15 is 0 Å². The van der Waals surface area contributed by atoms with E-state index in [1.807, 2.05) is 23.6 Å². The van der Waals surface area contributed by atoms with Crippen molar-refractivity contribution in [1.29, 1.82) is 0 Å². The minimum Gasteiger partial charge on any atom is -0.423 e. The average molecular weight is 456 g/mol. The zero-order valence-corrected chi connectivity index (χ0v) is 18.3. The van der Waals surface area contributed by atoms with Gasteiger partial charge in [0.05, 0.1) is 5.56 Å². The normalized spacial score (nSPS) is 13.8. The first-order valence-electron chi connectivity index (χ1n) is 10.1. The highest BCUT2D eigenvalue weighted by Crippen LogP contribution is 2.42. The Labute approximate surface area is 187 Å². The highest BCUT2D eigenvalue weighted by atomic mass is 35.5. The van der Waals surface area contributed by atoms with Crippen molar-refractivity contribution in [2.45, 2.75) is 43.1 Å². The molecule has 5 nitrogen and oxygen atoms in total. The second kappa shape index (κ2) is 8.13. The molecular weight excluding hydrogens is 437 g/mol. The molecule has 8 heteroatoms. The van der Waals surface area contributed by atoms with E-state index in [2.05, 4.69) is 10.2 Å². The van der Waals surface area contributed by atoms with E-state index in [0.29, 0.717) is 32.9 Å². The molecule has 1 aliphatic rings. The molecule has 1 fully saturated rings. The zero-order chi connectivity index (χ0) is 21.5. The summed E-state index contributed by atoms with van der Waals surface area (Å²) in [5, 5.41) is 10.8. The van der Waals surface area contributed by atoms with Crippen molar-refractivity contribution in [3.63, 3.8) is 0 Å². The van der Waals surface area contributed by atoms with Crippen LogP contribution in [0.5, 0.6) is 0 Å². The number of hydrogen-bond donors (Lipinski definition) is 0. The lowest BCUT2D eigenvalue weighted by Crippen LogP contribution is -2.03. The molecule has 2 aromatic carbocycles. The lowest BCUT2D eigenvalue weighted by Gasteiger charge is -2.10. The molecule has 0 saturated heterocycles. The topological polar surface area (TPSA) is 60.9 Å². The van der Waals surface area contributed by atoms with E-state index in [1.54, 1.807) is 18.2 Å². The van der Waals surface area contributed by atoms with Crippen LogP contribution in [0.4, 0.5) is 4.39 Å². The molecule has 1 saturated carbocycles. The van der Waals surface area contributed by atoms with Crippen molar-refractivity contribution < 1.29 is 8.81 Å². The smallest absolute Gasteiger partial charge is 0.336 e. The SMILES string of the molecule is CCc1cc2oc(=O)cc(CSc3nnc(-c4ccccc4F)n3C3CC3)c2cc1Cl. The van der Waals surface area contributed by atoms with Crippen molar-refractivity contribution >= 4 is 34.3 Å². The van der Waals surface area contributed by atoms with Crippen LogP contribution in [0.1, 0.15) is 36.9 Å². The summed E-state index contributed by atoms with van der Waals surface area (Å²) in [5.41, 5.74) is 2.32. The third-order valence-electron chi connectivity index (χ3n) is 5.43. The molecule has 1 aliphatic carbocycles. The summed E-state index contributed by atoms with van der Waals surface area (Å²) in [6, 6.07) is 12.0. The van der Waals surface area contributed by atoms with Crippen molar-refractivity contribution in [3.8, 4) is 11.4 Å². The summed E-state index contributed by atoms with van der Waals surface area (Å²) in [6.45, 7) is 2.00. The van der Waals surface area contributed by atoms with Crippen LogP contribution in [-0.4, -0.2) is 14.8 Å². The Morgan fingerprint density at radius 1 is 1.19 bits per heavy atom. The first kappa shape index (κ1) is 20.3. The van der Waals surface area contributed by atoms with Gasteiger partial charge in [-0.25, -0.2) is 9.18 Å². The van der Waals surface area contributed by atoms with Crippen LogP contribution in [-0.2, 0) is 12.2 Å². The fourth-order valence-electron chi connectivity index (χ4n) is 3.68. The van der Waals surface area contributed by atoms with Gasteiger partial charge >= 0.3 is 5.63 Å². The number of rotatable bonds is 6. The molecule has 0 aliphatic heterocycles. The van der Waals surface area contributed by atoms with Crippen molar-refractivity contribution in [1.82, 2.24) is 14.8 Å². The molecule has 0 amide bonds. The van der Waals surface area contributed by atoms with E-state index in [4.69, 9.17) is 16.0 Å². The van der Waals surface area contributed by atoms with Gasteiger partial charge in [-0.3, -0.25) is 4.57 Å². The number of aromatic nitrogens is 3. The van der Waals surface area contributed by atoms with Gasteiger partial charge in [0.2, 0.25) is 0 Å². The molecular formula is C23H19ClFN3O2S. The molecule has 0 spiro atoms. The van der Waals surface area contributed by atoms with Gasteiger partial charge in [0.25, 0.3) is 0 Å². The van der Waals surface area contributed by atoms with Crippen LogP contribution in [0.15, 0.2) is 56.8 Å². The van der Waals surface area contributed by atoms with E-state index in [1.165, 1.54) is 23.9 Å². The Balaban J connectivity index is 1.51. The largest absolute Gasteiger partial charge is 0.423 e. The second-order valence-corrected chi connectivity index (χ2v) is 8.91. The summed E-state index contributed by atoms with van der Waals surface area (Å²) in [6.07, 6.45) is 2.78. The fraction of sp³-hybridized carbons (Fsp3) is 0.261. The number of benzene rings is 2. The Morgan fingerprint density at radius 2 is 2.00 bits per heavy atom. The van der Waals surface area contributed by atoms with E-state index in [9.17, 15) is 9.18 Å². The number of hydrogen-bond acceptors (Lipinski definition) is 5. The van der Waals surface area contributed by atoms with Gasteiger partial charge < -0.3 is 4.42 Å². The monoisotopic (exact) mass is 455 g/mol. The van der Waals surface area contributed by atoms with E-state index in [0.717, 1.165) is 35.8 Å². The number of halogens is 2.